The van der Waals surface area contributed by atoms with Crippen LogP contribution < -0.4 is 5.32 Å². The fraction of sp³-hybridized carbons (Fsp3) is 0.706. The molecule has 0 saturated heterocycles. The smallest absolute Gasteiger partial charge is 0.221 e. The third-order valence-corrected chi connectivity index (χ3v) is 4.33. The Bertz CT molecular complexity index is 517. The maximum atomic E-state index is 11.8. The molecule has 0 aliphatic heterocycles. The summed E-state index contributed by atoms with van der Waals surface area (Å²) in [7, 11) is 0. The minimum absolute atomic E-state index is 0.106. The Morgan fingerprint density at radius 3 is 2.90 bits per heavy atom. The summed E-state index contributed by atoms with van der Waals surface area (Å²) in [6.07, 6.45) is 2.85. The maximum absolute atomic E-state index is 11.8. The first-order valence-electron chi connectivity index (χ1n) is 7.97. The van der Waals surface area contributed by atoms with Gasteiger partial charge < -0.3 is 15.0 Å². The van der Waals surface area contributed by atoms with E-state index in [1.165, 1.54) is 5.69 Å². The van der Waals surface area contributed by atoms with Crippen molar-refractivity contribution < 1.29 is 9.90 Å². The number of carbonyl (C=O) groups excluding carboxylic acids is 1. The molecular weight excluding hydrogens is 264 g/mol. The van der Waals surface area contributed by atoms with Gasteiger partial charge in [0.2, 0.25) is 5.91 Å². The van der Waals surface area contributed by atoms with Gasteiger partial charge in [0, 0.05) is 36.5 Å². The van der Waals surface area contributed by atoms with Crippen molar-refractivity contribution in [3.8, 4) is 0 Å². The Morgan fingerprint density at radius 2 is 2.24 bits per heavy atom. The van der Waals surface area contributed by atoms with Crippen molar-refractivity contribution in [2.75, 3.05) is 6.54 Å². The van der Waals surface area contributed by atoms with Crippen LogP contribution in [0.1, 0.15) is 63.1 Å². The number of carbonyl (C=O) groups is 1. The Kier molecular flexibility index (Phi) is 4.77. The zero-order valence-electron chi connectivity index (χ0n) is 13.7. The van der Waals surface area contributed by atoms with Gasteiger partial charge in [0.15, 0.2) is 0 Å². The lowest BCUT2D eigenvalue weighted by atomic mass is 9.75. The Hall–Kier alpha value is -1.29. The molecule has 1 unspecified atom stereocenters. The summed E-state index contributed by atoms with van der Waals surface area (Å²) >= 11 is 0. The third-order valence-electron chi connectivity index (χ3n) is 4.33. The van der Waals surface area contributed by atoms with Crippen molar-refractivity contribution >= 4 is 5.91 Å². The Balaban J connectivity index is 2.13. The maximum Gasteiger partial charge on any atom is 0.221 e. The molecule has 1 aromatic heterocycles. The first-order valence-corrected chi connectivity index (χ1v) is 7.97. The first-order chi connectivity index (χ1) is 9.84. The van der Waals surface area contributed by atoms with E-state index in [0.717, 1.165) is 37.1 Å². The van der Waals surface area contributed by atoms with Gasteiger partial charge in [-0.3, -0.25) is 4.79 Å². The summed E-state index contributed by atoms with van der Waals surface area (Å²) in [5.41, 5.74) is 3.51. The molecule has 1 aliphatic rings. The Morgan fingerprint density at radius 1 is 1.52 bits per heavy atom. The second kappa shape index (κ2) is 6.22. The molecule has 21 heavy (non-hydrogen) atoms. The van der Waals surface area contributed by atoms with Gasteiger partial charge in [-0.25, -0.2) is 0 Å². The minimum Gasteiger partial charge on any atom is -0.388 e. The van der Waals surface area contributed by atoms with E-state index in [1.807, 2.05) is 0 Å². The third kappa shape index (κ3) is 3.67. The number of hydrogen-bond donors (Lipinski definition) is 2. The van der Waals surface area contributed by atoms with Crippen LogP contribution in [-0.2, 0) is 17.8 Å². The van der Waals surface area contributed by atoms with Crippen LogP contribution in [0.25, 0.3) is 0 Å². The lowest BCUT2D eigenvalue weighted by Gasteiger charge is -2.34. The van der Waals surface area contributed by atoms with Crippen molar-refractivity contribution in [2.24, 2.45) is 5.41 Å². The monoisotopic (exact) mass is 292 g/mol. The zero-order chi connectivity index (χ0) is 15.6. The number of amides is 1. The first kappa shape index (κ1) is 16.1. The highest BCUT2D eigenvalue weighted by molar-refractivity contribution is 5.75. The molecular formula is C17H28N2O2. The van der Waals surface area contributed by atoms with Crippen molar-refractivity contribution in [1.82, 2.24) is 9.88 Å². The molecule has 0 saturated carbocycles. The molecule has 1 amide bonds. The van der Waals surface area contributed by atoms with Gasteiger partial charge in [0.25, 0.3) is 0 Å². The van der Waals surface area contributed by atoms with Crippen molar-refractivity contribution in [3.63, 3.8) is 0 Å². The average Bonchev–Trinajstić information content (AvgIpc) is 2.69. The molecule has 118 valence electrons. The second-order valence-electron chi connectivity index (χ2n) is 7.00. The van der Waals surface area contributed by atoms with Gasteiger partial charge in [0.1, 0.15) is 0 Å². The summed E-state index contributed by atoms with van der Waals surface area (Å²) in [4.78, 5) is 11.8. The van der Waals surface area contributed by atoms with E-state index >= 15 is 0 Å². The Labute approximate surface area is 127 Å². The van der Waals surface area contributed by atoms with Crippen LogP contribution in [0.5, 0.6) is 0 Å². The van der Waals surface area contributed by atoms with E-state index in [4.69, 9.17) is 0 Å². The van der Waals surface area contributed by atoms with Gasteiger partial charge in [-0.05, 0) is 37.7 Å². The molecule has 1 atom stereocenters. The number of aryl methyl sites for hydroxylation is 1. The SMILES string of the molecule is CCCNC(=O)CCn1c(C)cc2c1CC(C)(C)CC2O. The summed E-state index contributed by atoms with van der Waals surface area (Å²) in [5.74, 6) is 0.106. The molecule has 1 heterocycles. The molecule has 4 nitrogen and oxygen atoms in total. The van der Waals surface area contributed by atoms with Crippen molar-refractivity contribution in [3.05, 3.63) is 23.0 Å². The number of hydrogen-bond acceptors (Lipinski definition) is 2. The topological polar surface area (TPSA) is 54.3 Å². The van der Waals surface area contributed by atoms with Crippen LogP contribution in [-0.4, -0.2) is 22.1 Å². The van der Waals surface area contributed by atoms with E-state index in [9.17, 15) is 9.90 Å². The quantitative estimate of drug-likeness (QED) is 0.876. The second-order valence-corrected chi connectivity index (χ2v) is 7.00. The molecule has 2 N–H and O–H groups in total. The van der Waals surface area contributed by atoms with E-state index < -0.39 is 0 Å². The molecule has 0 aromatic carbocycles. The van der Waals surface area contributed by atoms with E-state index in [0.29, 0.717) is 13.0 Å². The summed E-state index contributed by atoms with van der Waals surface area (Å²) in [6.45, 7) is 9.94. The normalized spacial score (nSPS) is 20.1. The number of rotatable bonds is 5. The highest BCUT2D eigenvalue weighted by Gasteiger charge is 2.33. The highest BCUT2D eigenvalue weighted by atomic mass is 16.3. The number of nitrogens with one attached hydrogen (secondary N) is 1. The predicted molar refractivity (Wildman–Crippen MR) is 84.1 cm³/mol. The van der Waals surface area contributed by atoms with Gasteiger partial charge in [0.05, 0.1) is 6.10 Å². The lowest BCUT2D eigenvalue weighted by Crippen LogP contribution is -2.28. The molecule has 4 heteroatoms. The summed E-state index contributed by atoms with van der Waals surface area (Å²) in [5, 5.41) is 13.3. The number of aliphatic hydroxyl groups is 1. The van der Waals surface area contributed by atoms with E-state index in [2.05, 4.69) is 43.6 Å². The van der Waals surface area contributed by atoms with Crippen LogP contribution in [0, 0.1) is 12.3 Å². The lowest BCUT2D eigenvalue weighted by molar-refractivity contribution is -0.121. The van der Waals surface area contributed by atoms with Crippen LogP contribution >= 0.6 is 0 Å². The van der Waals surface area contributed by atoms with Crippen LogP contribution in [0.15, 0.2) is 6.07 Å². The molecule has 0 fully saturated rings. The number of fused-ring (bicyclic) bond motifs is 1. The number of aliphatic hydroxyl groups excluding tert-OH is 1. The van der Waals surface area contributed by atoms with E-state index in [-0.39, 0.29) is 17.4 Å². The van der Waals surface area contributed by atoms with Crippen molar-refractivity contribution in [1.29, 1.82) is 0 Å². The predicted octanol–water partition coefficient (Wildman–Crippen LogP) is 2.72. The van der Waals surface area contributed by atoms with Gasteiger partial charge >= 0.3 is 0 Å². The minimum atomic E-state index is -0.377. The van der Waals surface area contributed by atoms with Crippen molar-refractivity contribution in [2.45, 2.75) is 66.0 Å². The molecule has 0 radical (unpaired) electrons. The molecule has 0 spiro atoms. The van der Waals surface area contributed by atoms with Gasteiger partial charge in [-0.1, -0.05) is 20.8 Å². The fourth-order valence-electron chi connectivity index (χ4n) is 3.28. The largest absolute Gasteiger partial charge is 0.388 e. The summed E-state index contributed by atoms with van der Waals surface area (Å²) in [6, 6.07) is 2.08. The average molecular weight is 292 g/mol. The van der Waals surface area contributed by atoms with Gasteiger partial charge in [-0.2, -0.15) is 0 Å². The number of nitrogens with zero attached hydrogens (tertiary/aromatic N) is 1. The molecule has 1 aliphatic carbocycles. The van der Waals surface area contributed by atoms with E-state index in [1.54, 1.807) is 0 Å². The molecule has 0 bridgehead atoms. The van der Waals surface area contributed by atoms with Crippen LogP contribution in [0.2, 0.25) is 0 Å². The number of aromatic nitrogens is 1. The fourth-order valence-corrected chi connectivity index (χ4v) is 3.28. The zero-order valence-corrected chi connectivity index (χ0v) is 13.7. The molecule has 2 rings (SSSR count). The summed E-state index contributed by atoms with van der Waals surface area (Å²) < 4.78 is 2.21. The van der Waals surface area contributed by atoms with Crippen LogP contribution in [0.4, 0.5) is 0 Å². The molecule has 1 aromatic rings. The standard InChI is InChI=1S/C17H28N2O2/c1-5-7-18-16(21)6-8-19-12(2)9-13-14(19)10-17(3,4)11-15(13)20/h9,15,20H,5-8,10-11H2,1-4H3,(H,18,21). The highest BCUT2D eigenvalue weighted by Crippen LogP contribution is 2.41. The van der Waals surface area contributed by atoms with Gasteiger partial charge in [-0.15, -0.1) is 0 Å². The van der Waals surface area contributed by atoms with Crippen LogP contribution in [0.3, 0.4) is 0 Å².